The summed E-state index contributed by atoms with van der Waals surface area (Å²) in [5.74, 6) is -0.380. The van der Waals surface area contributed by atoms with Gasteiger partial charge in [-0.2, -0.15) is 0 Å². The fraction of sp³-hybridized carbons (Fsp3) is 0.167. The summed E-state index contributed by atoms with van der Waals surface area (Å²) < 4.78 is 4.53. The molecule has 1 heterocycles. The van der Waals surface area contributed by atoms with Gasteiger partial charge in [-0.1, -0.05) is 18.2 Å². The Morgan fingerprint density at radius 3 is 2.94 bits per heavy atom. The molecule has 0 bridgehead atoms. The van der Waals surface area contributed by atoms with Crippen LogP contribution in [0.3, 0.4) is 0 Å². The zero-order valence-corrected chi connectivity index (χ0v) is 9.32. The lowest BCUT2D eigenvalue weighted by molar-refractivity contribution is -0.138. The van der Waals surface area contributed by atoms with Crippen molar-refractivity contribution in [1.29, 1.82) is 0 Å². The quantitative estimate of drug-likeness (QED) is 0.778. The Hall–Kier alpha value is -2.30. The summed E-state index contributed by atoms with van der Waals surface area (Å²) in [6.07, 6.45) is 0. The number of nitrogens with one attached hydrogen (secondary N) is 2. The summed E-state index contributed by atoms with van der Waals surface area (Å²) in [5, 5.41) is 3.74. The number of aromatic nitrogens is 1. The molecule has 0 saturated carbocycles. The highest BCUT2D eigenvalue weighted by Crippen LogP contribution is 2.18. The highest BCUT2D eigenvalue weighted by Gasteiger charge is 2.04. The number of H-pyrrole nitrogens is 1. The van der Waals surface area contributed by atoms with Gasteiger partial charge in [-0.25, -0.2) is 0 Å². The molecule has 0 spiro atoms. The first kappa shape index (κ1) is 11.2. The molecule has 88 valence electrons. The first-order valence-electron chi connectivity index (χ1n) is 5.13. The predicted octanol–water partition coefficient (Wildman–Crippen LogP) is 1.11. The van der Waals surface area contributed by atoms with Gasteiger partial charge in [0.05, 0.1) is 12.6 Å². The number of esters is 1. The molecule has 0 saturated heterocycles. The number of pyridine rings is 1. The molecule has 1 aromatic carbocycles. The third-order valence-electron chi connectivity index (χ3n) is 2.40. The lowest BCUT2D eigenvalue weighted by Gasteiger charge is -2.07. The molecule has 0 unspecified atom stereocenters. The van der Waals surface area contributed by atoms with E-state index in [1.54, 1.807) is 6.07 Å². The zero-order valence-electron chi connectivity index (χ0n) is 9.32. The van der Waals surface area contributed by atoms with E-state index in [0.29, 0.717) is 5.69 Å². The van der Waals surface area contributed by atoms with Gasteiger partial charge in [-0.3, -0.25) is 9.59 Å². The van der Waals surface area contributed by atoms with Crippen molar-refractivity contribution < 1.29 is 9.53 Å². The van der Waals surface area contributed by atoms with E-state index in [1.807, 2.05) is 18.2 Å². The Bertz CT molecular complexity index is 604. The van der Waals surface area contributed by atoms with Gasteiger partial charge in [-0.15, -0.1) is 0 Å². The molecule has 0 fully saturated rings. The van der Waals surface area contributed by atoms with Crippen LogP contribution in [-0.2, 0) is 9.53 Å². The molecule has 0 radical (unpaired) electrons. The molecule has 2 rings (SSSR count). The first-order chi connectivity index (χ1) is 8.20. The van der Waals surface area contributed by atoms with E-state index in [9.17, 15) is 9.59 Å². The maximum absolute atomic E-state index is 11.4. The topological polar surface area (TPSA) is 71.2 Å². The molecule has 1 aromatic heterocycles. The average Bonchev–Trinajstić information content (AvgIpc) is 2.35. The van der Waals surface area contributed by atoms with Gasteiger partial charge in [0.25, 0.3) is 0 Å². The normalized spacial score (nSPS) is 10.2. The van der Waals surface area contributed by atoms with E-state index >= 15 is 0 Å². The van der Waals surface area contributed by atoms with E-state index in [2.05, 4.69) is 15.0 Å². The number of hydrogen-bond donors (Lipinski definition) is 2. The standard InChI is InChI=1S/C12H12N2O3/c1-17-12(16)7-13-10-6-11(15)14-9-5-3-2-4-8(9)10/h2-6H,7H2,1H3,(H2,13,14,15). The van der Waals surface area contributed by atoms with Gasteiger partial charge in [0, 0.05) is 17.1 Å². The van der Waals surface area contributed by atoms with E-state index in [4.69, 9.17) is 0 Å². The third kappa shape index (κ3) is 2.44. The Kier molecular flexibility index (Phi) is 3.09. The van der Waals surface area contributed by atoms with Gasteiger partial charge < -0.3 is 15.0 Å². The van der Waals surface area contributed by atoms with Crippen LogP contribution in [0.1, 0.15) is 0 Å². The summed E-state index contributed by atoms with van der Waals surface area (Å²) in [6.45, 7) is 0.0317. The molecule has 0 aliphatic rings. The van der Waals surface area contributed by atoms with E-state index in [1.165, 1.54) is 13.2 Å². The monoisotopic (exact) mass is 232 g/mol. The number of carbonyl (C=O) groups excluding carboxylic acids is 1. The number of anilines is 1. The Morgan fingerprint density at radius 1 is 1.41 bits per heavy atom. The molecule has 0 atom stereocenters. The zero-order chi connectivity index (χ0) is 12.3. The fourth-order valence-corrected chi connectivity index (χ4v) is 1.59. The minimum Gasteiger partial charge on any atom is -0.468 e. The highest BCUT2D eigenvalue weighted by atomic mass is 16.5. The Labute approximate surface area is 97.4 Å². The van der Waals surface area contributed by atoms with Crippen LogP contribution in [0.15, 0.2) is 35.1 Å². The average molecular weight is 232 g/mol. The maximum atomic E-state index is 11.4. The molecule has 17 heavy (non-hydrogen) atoms. The number of carbonyl (C=O) groups is 1. The second-order valence-electron chi connectivity index (χ2n) is 3.52. The fourth-order valence-electron chi connectivity index (χ4n) is 1.59. The number of rotatable bonds is 3. The number of fused-ring (bicyclic) bond motifs is 1. The van der Waals surface area contributed by atoms with Crippen molar-refractivity contribution in [2.75, 3.05) is 19.0 Å². The van der Waals surface area contributed by atoms with Crippen molar-refractivity contribution in [3.63, 3.8) is 0 Å². The first-order valence-corrected chi connectivity index (χ1v) is 5.13. The van der Waals surface area contributed by atoms with Crippen LogP contribution in [0.5, 0.6) is 0 Å². The van der Waals surface area contributed by atoms with Crippen LogP contribution >= 0.6 is 0 Å². The second kappa shape index (κ2) is 4.69. The van der Waals surface area contributed by atoms with Gasteiger partial charge in [0.2, 0.25) is 5.56 Å². The largest absolute Gasteiger partial charge is 0.468 e. The van der Waals surface area contributed by atoms with Crippen molar-refractivity contribution in [2.24, 2.45) is 0 Å². The van der Waals surface area contributed by atoms with Crippen molar-refractivity contribution in [1.82, 2.24) is 4.98 Å². The van der Waals surface area contributed by atoms with Crippen LogP contribution in [0.2, 0.25) is 0 Å². The number of aromatic amines is 1. The molecule has 0 aliphatic carbocycles. The summed E-state index contributed by atoms with van der Waals surface area (Å²) in [5.41, 5.74) is 1.14. The maximum Gasteiger partial charge on any atom is 0.325 e. The van der Waals surface area contributed by atoms with Crippen molar-refractivity contribution in [3.8, 4) is 0 Å². The summed E-state index contributed by atoms with van der Waals surface area (Å²) in [4.78, 5) is 25.2. The lowest BCUT2D eigenvalue weighted by Crippen LogP contribution is -2.17. The molecule has 0 amide bonds. The smallest absolute Gasteiger partial charge is 0.325 e. The second-order valence-corrected chi connectivity index (χ2v) is 3.52. The number of benzene rings is 1. The van der Waals surface area contributed by atoms with Crippen LogP contribution < -0.4 is 10.9 Å². The van der Waals surface area contributed by atoms with E-state index in [-0.39, 0.29) is 18.1 Å². The number of ether oxygens (including phenoxy) is 1. The molecule has 2 N–H and O–H groups in total. The molecular formula is C12H12N2O3. The molecular weight excluding hydrogens is 220 g/mol. The summed E-state index contributed by atoms with van der Waals surface area (Å²) >= 11 is 0. The van der Waals surface area contributed by atoms with Crippen LogP contribution in [-0.4, -0.2) is 24.6 Å². The van der Waals surface area contributed by atoms with Gasteiger partial charge in [-0.05, 0) is 6.07 Å². The Morgan fingerprint density at radius 2 is 2.18 bits per heavy atom. The summed E-state index contributed by atoms with van der Waals surface area (Å²) in [7, 11) is 1.32. The molecule has 5 nitrogen and oxygen atoms in total. The van der Waals surface area contributed by atoms with Crippen molar-refractivity contribution in [3.05, 3.63) is 40.7 Å². The minimum atomic E-state index is -0.380. The van der Waals surface area contributed by atoms with Crippen LogP contribution in [0, 0.1) is 0 Å². The number of para-hydroxylation sites is 1. The van der Waals surface area contributed by atoms with Gasteiger partial charge >= 0.3 is 5.97 Å². The predicted molar refractivity (Wildman–Crippen MR) is 65.1 cm³/mol. The SMILES string of the molecule is COC(=O)CNc1cc(=O)[nH]c2ccccc12. The van der Waals surface area contributed by atoms with Gasteiger partial charge in [0.15, 0.2) is 0 Å². The summed E-state index contributed by atoms with van der Waals surface area (Å²) in [6, 6.07) is 8.79. The molecule has 2 aromatic rings. The van der Waals surface area contributed by atoms with E-state index in [0.717, 1.165) is 10.9 Å². The lowest BCUT2D eigenvalue weighted by atomic mass is 10.2. The number of hydrogen-bond acceptors (Lipinski definition) is 4. The minimum absolute atomic E-state index is 0.0317. The number of methoxy groups -OCH3 is 1. The van der Waals surface area contributed by atoms with Crippen molar-refractivity contribution >= 4 is 22.6 Å². The van der Waals surface area contributed by atoms with Crippen LogP contribution in [0.25, 0.3) is 10.9 Å². The van der Waals surface area contributed by atoms with Crippen molar-refractivity contribution in [2.45, 2.75) is 0 Å². The van der Waals surface area contributed by atoms with Crippen LogP contribution in [0.4, 0.5) is 5.69 Å². The van der Waals surface area contributed by atoms with E-state index < -0.39 is 0 Å². The third-order valence-corrected chi connectivity index (χ3v) is 2.40. The molecule has 0 aliphatic heterocycles. The molecule has 5 heteroatoms. The highest BCUT2D eigenvalue weighted by molar-refractivity contribution is 5.92. The van der Waals surface area contributed by atoms with Gasteiger partial charge in [0.1, 0.15) is 6.54 Å². The Balaban J connectivity index is 2.39.